The fourth-order valence-electron chi connectivity index (χ4n) is 3.76. The van der Waals surface area contributed by atoms with E-state index < -0.39 is 0 Å². The number of nitrogens with two attached hydrogens (primary N) is 1. The molecule has 0 spiro atoms. The van der Waals surface area contributed by atoms with Crippen molar-refractivity contribution in [2.45, 2.75) is 26.8 Å². The minimum Gasteiger partial charge on any atom is -0.368 e. The average molecular weight is 422 g/mol. The highest BCUT2D eigenvalue weighted by molar-refractivity contribution is 5.72. The molecule has 0 amide bonds. The van der Waals surface area contributed by atoms with Gasteiger partial charge in [0, 0.05) is 29.9 Å². The Labute approximate surface area is 186 Å². The zero-order valence-electron chi connectivity index (χ0n) is 18.0. The van der Waals surface area contributed by atoms with Gasteiger partial charge in [0.1, 0.15) is 0 Å². The molecular formula is C26H23N5O. The van der Waals surface area contributed by atoms with E-state index in [-0.39, 0.29) is 11.5 Å². The fraction of sp³-hybridized carbons (Fsp3) is 0.154. The lowest BCUT2D eigenvalue weighted by atomic mass is 9.99. The molecule has 2 aromatic heterocycles. The summed E-state index contributed by atoms with van der Waals surface area (Å²) in [5.41, 5.74) is 12.4. The Bertz CT molecular complexity index is 1400. The molecule has 0 saturated heterocycles. The van der Waals surface area contributed by atoms with Crippen molar-refractivity contribution in [1.82, 2.24) is 14.5 Å². The summed E-state index contributed by atoms with van der Waals surface area (Å²) in [6.45, 7) is 4.53. The third-order valence-electron chi connectivity index (χ3n) is 5.49. The van der Waals surface area contributed by atoms with Crippen molar-refractivity contribution in [3.8, 4) is 28.6 Å². The molecule has 2 heterocycles. The van der Waals surface area contributed by atoms with Gasteiger partial charge in [-0.2, -0.15) is 5.26 Å². The van der Waals surface area contributed by atoms with Crippen LogP contribution in [-0.2, 0) is 13.0 Å². The molecule has 6 nitrogen and oxygen atoms in total. The van der Waals surface area contributed by atoms with Crippen LogP contribution in [0.2, 0.25) is 0 Å². The Morgan fingerprint density at radius 2 is 1.78 bits per heavy atom. The second kappa shape index (κ2) is 8.86. The van der Waals surface area contributed by atoms with Gasteiger partial charge >= 0.3 is 0 Å². The van der Waals surface area contributed by atoms with E-state index in [0.717, 1.165) is 17.5 Å². The molecular weight excluding hydrogens is 398 g/mol. The van der Waals surface area contributed by atoms with E-state index in [9.17, 15) is 10.1 Å². The molecule has 0 saturated carbocycles. The van der Waals surface area contributed by atoms with E-state index in [2.05, 4.69) is 41.2 Å². The van der Waals surface area contributed by atoms with Gasteiger partial charge in [-0.15, -0.1) is 0 Å². The number of anilines is 1. The molecule has 0 bridgehead atoms. The molecule has 0 aliphatic heterocycles. The van der Waals surface area contributed by atoms with Gasteiger partial charge in [-0.25, -0.2) is 9.97 Å². The topological polar surface area (TPSA) is 97.6 Å². The summed E-state index contributed by atoms with van der Waals surface area (Å²) >= 11 is 0. The second-order valence-corrected chi connectivity index (χ2v) is 7.77. The Balaban J connectivity index is 1.64. The average Bonchev–Trinajstić information content (AvgIpc) is 2.78. The maximum Gasteiger partial charge on any atom is 0.251 e. The van der Waals surface area contributed by atoms with Gasteiger partial charge in [0.15, 0.2) is 0 Å². The highest BCUT2D eigenvalue weighted by Gasteiger charge is 2.12. The third-order valence-corrected chi connectivity index (χ3v) is 5.49. The number of nitrogens with zero attached hydrogens (tertiary/aromatic N) is 4. The molecule has 6 heteroatoms. The zero-order valence-corrected chi connectivity index (χ0v) is 18.0. The van der Waals surface area contributed by atoms with Gasteiger partial charge in [-0.3, -0.25) is 4.79 Å². The highest BCUT2D eigenvalue weighted by atomic mass is 16.1. The number of aryl methyl sites for hydroxylation is 3. The van der Waals surface area contributed by atoms with Crippen molar-refractivity contribution in [1.29, 1.82) is 5.26 Å². The van der Waals surface area contributed by atoms with Gasteiger partial charge in [0.05, 0.1) is 23.0 Å². The van der Waals surface area contributed by atoms with Crippen molar-refractivity contribution in [3.63, 3.8) is 0 Å². The number of rotatable bonds is 5. The quantitative estimate of drug-likeness (QED) is 0.518. The third kappa shape index (κ3) is 4.42. The standard InChI is InChI=1S/C26H23N5O/c1-17-5-3-6-19(13-17)9-11-31-12-10-20(14-25(31)32)23-15-24(30-26(28)29-23)22-8-4-7-21(16-27)18(22)2/h3-8,10,12-15H,9,11H2,1-2H3,(H2,28,29,30). The van der Waals surface area contributed by atoms with Gasteiger partial charge in [0.2, 0.25) is 5.95 Å². The number of nitrogen functional groups attached to an aromatic ring is 1. The second-order valence-electron chi connectivity index (χ2n) is 7.77. The predicted octanol–water partition coefficient (Wildman–Crippen LogP) is 4.29. The van der Waals surface area contributed by atoms with Crippen molar-refractivity contribution >= 4 is 5.95 Å². The molecule has 0 aliphatic rings. The Morgan fingerprint density at radius 1 is 1.00 bits per heavy atom. The Kier molecular flexibility index (Phi) is 5.82. The van der Waals surface area contributed by atoms with E-state index in [4.69, 9.17) is 5.73 Å². The first-order chi connectivity index (χ1) is 15.4. The summed E-state index contributed by atoms with van der Waals surface area (Å²) < 4.78 is 1.69. The highest BCUT2D eigenvalue weighted by Crippen LogP contribution is 2.27. The molecule has 0 unspecified atom stereocenters. The van der Waals surface area contributed by atoms with E-state index in [0.29, 0.717) is 29.1 Å². The molecule has 4 aromatic rings. The normalized spacial score (nSPS) is 10.7. The molecule has 2 aromatic carbocycles. The smallest absolute Gasteiger partial charge is 0.251 e. The van der Waals surface area contributed by atoms with Gasteiger partial charge in [0.25, 0.3) is 5.56 Å². The first-order valence-corrected chi connectivity index (χ1v) is 10.4. The maximum atomic E-state index is 12.7. The molecule has 0 radical (unpaired) electrons. The molecule has 2 N–H and O–H groups in total. The molecule has 0 fully saturated rings. The first kappa shape index (κ1) is 21.0. The van der Waals surface area contributed by atoms with Crippen LogP contribution < -0.4 is 11.3 Å². The van der Waals surface area contributed by atoms with Crippen molar-refractivity contribution in [3.05, 3.63) is 99.5 Å². The van der Waals surface area contributed by atoms with Crippen LogP contribution in [0.4, 0.5) is 5.95 Å². The minimum absolute atomic E-state index is 0.100. The number of aromatic nitrogens is 3. The first-order valence-electron chi connectivity index (χ1n) is 10.4. The SMILES string of the molecule is Cc1cccc(CCn2ccc(-c3cc(-c4cccc(C#N)c4C)nc(N)n3)cc2=O)c1. The molecule has 0 aliphatic carbocycles. The van der Waals surface area contributed by atoms with Crippen LogP contribution in [0.3, 0.4) is 0 Å². The molecule has 32 heavy (non-hydrogen) atoms. The number of benzene rings is 2. The van der Waals surface area contributed by atoms with Crippen LogP contribution in [0.1, 0.15) is 22.3 Å². The summed E-state index contributed by atoms with van der Waals surface area (Å²) in [6, 6.07) is 21.2. The zero-order chi connectivity index (χ0) is 22.7. The summed E-state index contributed by atoms with van der Waals surface area (Å²) in [6.07, 6.45) is 2.56. The van der Waals surface area contributed by atoms with Crippen LogP contribution in [-0.4, -0.2) is 14.5 Å². The van der Waals surface area contributed by atoms with Gasteiger partial charge in [-0.05, 0) is 49.6 Å². The van der Waals surface area contributed by atoms with Crippen LogP contribution >= 0.6 is 0 Å². The maximum absolute atomic E-state index is 12.7. The lowest BCUT2D eigenvalue weighted by Gasteiger charge is -2.11. The van der Waals surface area contributed by atoms with Crippen molar-refractivity contribution < 1.29 is 0 Å². The minimum atomic E-state index is -0.100. The number of nitriles is 1. The molecule has 158 valence electrons. The van der Waals surface area contributed by atoms with E-state index in [1.807, 2.05) is 31.2 Å². The number of hydrogen-bond acceptors (Lipinski definition) is 5. The monoisotopic (exact) mass is 421 g/mol. The summed E-state index contributed by atoms with van der Waals surface area (Å²) in [5.74, 6) is 0.114. The van der Waals surface area contributed by atoms with E-state index >= 15 is 0 Å². The lowest BCUT2D eigenvalue weighted by molar-refractivity contribution is 0.670. The van der Waals surface area contributed by atoms with Gasteiger partial charge < -0.3 is 10.3 Å². The lowest BCUT2D eigenvalue weighted by Crippen LogP contribution is -2.19. The largest absolute Gasteiger partial charge is 0.368 e. The van der Waals surface area contributed by atoms with Gasteiger partial charge in [-0.1, -0.05) is 42.0 Å². The number of hydrogen-bond donors (Lipinski definition) is 1. The predicted molar refractivity (Wildman–Crippen MR) is 126 cm³/mol. The van der Waals surface area contributed by atoms with Crippen LogP contribution in [0, 0.1) is 25.2 Å². The van der Waals surface area contributed by atoms with E-state index in [1.165, 1.54) is 11.1 Å². The fourth-order valence-corrected chi connectivity index (χ4v) is 3.76. The Hall–Kier alpha value is -4.24. The van der Waals surface area contributed by atoms with E-state index in [1.54, 1.807) is 29.0 Å². The molecule has 0 atom stereocenters. The Morgan fingerprint density at radius 3 is 2.53 bits per heavy atom. The molecule has 4 rings (SSSR count). The van der Waals surface area contributed by atoms with Crippen molar-refractivity contribution in [2.75, 3.05) is 5.73 Å². The summed E-state index contributed by atoms with van der Waals surface area (Å²) in [7, 11) is 0. The van der Waals surface area contributed by atoms with Crippen LogP contribution in [0.5, 0.6) is 0 Å². The van der Waals surface area contributed by atoms with Crippen LogP contribution in [0.15, 0.2) is 71.7 Å². The van der Waals surface area contributed by atoms with Crippen LogP contribution in [0.25, 0.3) is 22.5 Å². The van der Waals surface area contributed by atoms with Crippen molar-refractivity contribution in [2.24, 2.45) is 0 Å². The number of pyridine rings is 1. The summed E-state index contributed by atoms with van der Waals surface area (Å²) in [4.78, 5) is 21.4. The summed E-state index contributed by atoms with van der Waals surface area (Å²) in [5, 5.41) is 9.32.